The van der Waals surface area contributed by atoms with Crippen LogP contribution in [0, 0.1) is 6.92 Å². The minimum atomic E-state index is -0.397. The van der Waals surface area contributed by atoms with E-state index >= 15 is 0 Å². The summed E-state index contributed by atoms with van der Waals surface area (Å²) in [6.45, 7) is 2.09. The van der Waals surface area contributed by atoms with Crippen molar-refractivity contribution >= 4 is 86.2 Å². The van der Waals surface area contributed by atoms with E-state index in [4.69, 9.17) is 13.7 Å². The number of aryl methyl sites for hydroxylation is 1. The molecule has 0 radical (unpaired) electrons. The first-order valence-electron chi connectivity index (χ1n) is 34.4. The predicted octanol–water partition coefficient (Wildman–Crippen LogP) is 24.6. The van der Waals surface area contributed by atoms with Crippen LogP contribution in [0.25, 0.3) is 164 Å². The summed E-state index contributed by atoms with van der Waals surface area (Å²) in [6, 6.07) is 92.0. The van der Waals surface area contributed by atoms with Gasteiger partial charge in [-0.1, -0.05) is 309 Å². The van der Waals surface area contributed by atoms with Crippen LogP contribution in [0.5, 0.6) is 0 Å². The third kappa shape index (κ3) is 9.10. The van der Waals surface area contributed by atoms with Crippen molar-refractivity contribution in [2.24, 2.45) is 0 Å². The van der Waals surface area contributed by atoms with E-state index in [0.29, 0.717) is 11.1 Å². The van der Waals surface area contributed by atoms with Crippen LogP contribution in [-0.2, 0) is 0 Å². The average Bonchev–Trinajstić information content (AvgIpc) is 0.726. The summed E-state index contributed by atoms with van der Waals surface area (Å²) >= 11 is 0. The first kappa shape index (κ1) is 41.8. The van der Waals surface area contributed by atoms with E-state index in [1.807, 2.05) is 72.8 Å². The Morgan fingerprint density at radius 2 is 0.494 bits per heavy atom. The highest BCUT2D eigenvalue weighted by molar-refractivity contribution is 6.26. The molecular formula is C87H58. The molecule has 0 N–H and O–H groups in total. The van der Waals surface area contributed by atoms with Gasteiger partial charge in [0.05, 0.1) is 13.7 Å². The molecule has 17 aromatic rings. The molecule has 0 saturated carbocycles. The van der Waals surface area contributed by atoms with Crippen LogP contribution < -0.4 is 0 Å². The molecule has 0 spiro atoms. The average molecular weight is 1110 g/mol. The van der Waals surface area contributed by atoms with Gasteiger partial charge in [-0.05, 0) is 201 Å². The Labute approximate surface area is 521 Å². The number of rotatable bonds is 7. The Morgan fingerprint density at radius 1 is 0.195 bits per heavy atom. The zero-order valence-electron chi connectivity index (χ0n) is 57.5. The van der Waals surface area contributed by atoms with Gasteiger partial charge in [-0.2, -0.15) is 0 Å². The standard InChI is InChI=1S/C50H32.C37H26/c1-2-14-35(15-3-1)49-43-22-10-12-24-45(43)50(46-25-13-11-23-44(46)49)48-32-38(30-36-16-4-7-19-40(36)48)33-26-28-34(29-27-33)47-31-37-17-5-6-18-39(37)41-20-8-9-21-42(41)47;1-25-19-21-26(22-20-25)29-23-28-13-5-6-14-30(28)35(24-29)37-33-17-9-7-15-31(33)36(27-11-3-2-4-12-27)32-16-8-10-18-34(32)37/h1-32H;2-24H,1H3/i1D,2D,3D,14D,15D;2D,3D,4D,11D,12D. The van der Waals surface area contributed by atoms with Crippen LogP contribution in [0.4, 0.5) is 0 Å². The molecule has 0 nitrogen and oxygen atoms in total. The molecule has 17 rings (SSSR count). The Kier molecular flexibility index (Phi) is 10.5. The highest BCUT2D eigenvalue weighted by Crippen LogP contribution is 2.49. The second-order valence-electron chi connectivity index (χ2n) is 22.3. The Balaban J connectivity index is 0.000000158. The molecule has 0 heterocycles. The van der Waals surface area contributed by atoms with Gasteiger partial charge in [0.2, 0.25) is 0 Å². The molecule has 0 aliphatic rings. The number of fused-ring (bicyclic) bond motifs is 9. The maximum Gasteiger partial charge on any atom is 0.0629 e. The molecule has 0 aliphatic heterocycles. The van der Waals surface area contributed by atoms with Gasteiger partial charge >= 0.3 is 0 Å². The Hall–Kier alpha value is -11.2. The number of hydrogen-bond donors (Lipinski definition) is 0. The van der Waals surface area contributed by atoms with E-state index < -0.39 is 12.1 Å². The monoisotopic (exact) mass is 1110 g/mol. The van der Waals surface area contributed by atoms with Gasteiger partial charge in [-0.3, -0.25) is 0 Å². The highest BCUT2D eigenvalue weighted by atomic mass is 14.2. The summed E-state index contributed by atoms with van der Waals surface area (Å²) in [5.41, 5.74) is 14.0. The molecular weight excluding hydrogens is 1040 g/mol. The Bertz CT molecular complexity index is 5960. The summed E-state index contributed by atoms with van der Waals surface area (Å²) in [6.07, 6.45) is 0. The molecule has 0 fully saturated rings. The van der Waals surface area contributed by atoms with Crippen molar-refractivity contribution in [1.82, 2.24) is 0 Å². The summed E-state index contributed by atoms with van der Waals surface area (Å²) in [5, 5.41) is 16.6. The van der Waals surface area contributed by atoms with E-state index in [0.717, 1.165) is 115 Å². The molecule has 87 heavy (non-hydrogen) atoms. The maximum atomic E-state index is 8.94. The molecule has 0 aromatic heterocycles. The third-order valence-electron chi connectivity index (χ3n) is 17.3. The summed E-state index contributed by atoms with van der Waals surface area (Å²) in [5.74, 6) is 0. The van der Waals surface area contributed by atoms with Crippen molar-refractivity contribution in [3.63, 3.8) is 0 Å². The lowest BCUT2D eigenvalue weighted by Crippen LogP contribution is -1.92. The van der Waals surface area contributed by atoms with Crippen LogP contribution in [0.15, 0.2) is 333 Å². The van der Waals surface area contributed by atoms with Crippen molar-refractivity contribution in [2.75, 3.05) is 0 Å². The Morgan fingerprint density at radius 3 is 0.897 bits per heavy atom. The molecule has 0 heteroatoms. The van der Waals surface area contributed by atoms with Gasteiger partial charge in [-0.25, -0.2) is 0 Å². The lowest BCUT2D eigenvalue weighted by Gasteiger charge is -2.19. The molecule has 0 unspecified atom stereocenters. The minimum Gasteiger partial charge on any atom is -0.0622 e. The molecule has 0 amide bonds. The lowest BCUT2D eigenvalue weighted by atomic mass is 9.83. The normalized spacial score (nSPS) is 13.1. The topological polar surface area (TPSA) is 0 Å². The molecule has 0 saturated heterocycles. The fourth-order valence-electron chi connectivity index (χ4n) is 13.4. The SMILES string of the molecule is [2H]c1c([2H])c([2H])c(-c2c3ccccc3c(-c3cc(-c4ccc(-c5cc6ccccc6c6ccccc56)cc4)cc4ccccc34)c3ccccc23)c([2H])c1[2H].[2H]c1c([2H])c([2H])c(-c2c3ccccc3c(-c3cc(-c4ccc(C)cc4)cc4ccccc34)c3ccccc23)c([2H])c1[2H]. The summed E-state index contributed by atoms with van der Waals surface area (Å²) in [4.78, 5) is 0. The van der Waals surface area contributed by atoms with Crippen molar-refractivity contribution < 1.29 is 13.7 Å². The quantitative estimate of drug-likeness (QED) is 0.110. The largest absolute Gasteiger partial charge is 0.0629 e. The summed E-state index contributed by atoms with van der Waals surface area (Å²) < 4.78 is 85.7. The van der Waals surface area contributed by atoms with E-state index in [-0.39, 0.29) is 59.5 Å². The maximum absolute atomic E-state index is 8.94. The predicted molar refractivity (Wildman–Crippen MR) is 376 cm³/mol. The smallest absolute Gasteiger partial charge is 0.0622 e. The van der Waals surface area contributed by atoms with E-state index in [9.17, 15) is 0 Å². The van der Waals surface area contributed by atoms with Crippen molar-refractivity contribution in [2.45, 2.75) is 6.92 Å². The second kappa shape index (κ2) is 21.8. The van der Waals surface area contributed by atoms with Gasteiger partial charge in [-0.15, -0.1) is 0 Å². The molecule has 0 aliphatic carbocycles. The van der Waals surface area contributed by atoms with E-state index in [2.05, 4.69) is 207 Å². The first-order valence-corrected chi connectivity index (χ1v) is 29.4. The van der Waals surface area contributed by atoms with Crippen LogP contribution in [0.1, 0.15) is 19.3 Å². The van der Waals surface area contributed by atoms with Gasteiger partial charge in [0, 0.05) is 0 Å². The zero-order chi connectivity index (χ0) is 66.5. The lowest BCUT2D eigenvalue weighted by molar-refractivity contribution is 1.47. The van der Waals surface area contributed by atoms with Crippen molar-refractivity contribution in [3.05, 3.63) is 339 Å². The van der Waals surface area contributed by atoms with Gasteiger partial charge in [0.15, 0.2) is 0 Å². The molecule has 406 valence electrons. The van der Waals surface area contributed by atoms with Crippen LogP contribution >= 0.6 is 0 Å². The van der Waals surface area contributed by atoms with Crippen molar-refractivity contribution in [3.8, 4) is 77.9 Å². The van der Waals surface area contributed by atoms with Crippen molar-refractivity contribution in [1.29, 1.82) is 0 Å². The fourth-order valence-corrected chi connectivity index (χ4v) is 13.4. The summed E-state index contributed by atoms with van der Waals surface area (Å²) in [7, 11) is 0. The van der Waals surface area contributed by atoms with Crippen LogP contribution in [0.3, 0.4) is 0 Å². The van der Waals surface area contributed by atoms with E-state index in [1.54, 1.807) is 0 Å². The van der Waals surface area contributed by atoms with Gasteiger partial charge < -0.3 is 0 Å². The first-order chi connectivity index (χ1) is 47.2. The molecule has 0 atom stereocenters. The molecule has 0 bridgehead atoms. The van der Waals surface area contributed by atoms with Gasteiger partial charge in [0.1, 0.15) is 0 Å². The van der Waals surface area contributed by atoms with Crippen LogP contribution in [0.2, 0.25) is 0 Å². The third-order valence-corrected chi connectivity index (χ3v) is 17.3. The molecule has 17 aromatic carbocycles. The minimum absolute atomic E-state index is 0.198. The van der Waals surface area contributed by atoms with E-state index in [1.165, 1.54) is 32.7 Å². The second-order valence-corrected chi connectivity index (χ2v) is 22.3. The highest BCUT2D eigenvalue weighted by Gasteiger charge is 2.21. The van der Waals surface area contributed by atoms with Gasteiger partial charge in [0.25, 0.3) is 0 Å². The number of hydrogen-bond acceptors (Lipinski definition) is 0. The number of benzene rings is 17. The van der Waals surface area contributed by atoms with Crippen LogP contribution in [-0.4, -0.2) is 0 Å². The zero-order valence-corrected chi connectivity index (χ0v) is 47.5. The fraction of sp³-hybridized carbons (Fsp3) is 0.0115.